The second-order valence-corrected chi connectivity index (χ2v) is 11.5. The molecule has 4 aromatic heterocycles. The summed E-state index contributed by atoms with van der Waals surface area (Å²) in [4.78, 5) is 44.7. The maximum absolute atomic E-state index is 15.8. The predicted octanol–water partition coefficient (Wildman–Crippen LogP) is 5.50. The van der Waals surface area contributed by atoms with E-state index in [1.165, 1.54) is 21.6 Å². The number of rotatable bonds is 5. The Kier molecular flexibility index (Phi) is 8.03. The molecule has 0 bridgehead atoms. The summed E-state index contributed by atoms with van der Waals surface area (Å²) in [6.45, 7) is 7.71. The number of carbonyl (C=O) groups is 1. The van der Waals surface area contributed by atoms with Gasteiger partial charge in [0.05, 0.1) is 16.8 Å². The zero-order valence-corrected chi connectivity index (χ0v) is 24.4. The molecular weight excluding hydrogens is 590 g/mol. The standard InChI is InChI=1S/C28H27F4N7O3S/c1-14(2)20-21(15(3)7-9-33-20)39-24-17(23(36-26(39)40)38-11-10-37(27(41)42)13-16(38)4)12-18(29)25(35-24)43-19-6-5-8-34-22(19)28(30,31)32/h5-9,12,14,16H,10-11,13H2,1-4H3,(H,41,42)/t16-/m0/s1. The molecule has 1 N–H and O–H groups in total. The van der Waals surface area contributed by atoms with Crippen LogP contribution in [0.5, 0.6) is 0 Å². The number of anilines is 1. The second kappa shape index (κ2) is 11.4. The minimum absolute atomic E-state index is 0.0257. The van der Waals surface area contributed by atoms with Gasteiger partial charge in [0.1, 0.15) is 10.8 Å². The summed E-state index contributed by atoms with van der Waals surface area (Å²) in [6, 6.07) is 4.85. The molecule has 5 rings (SSSR count). The fourth-order valence-corrected chi connectivity index (χ4v) is 6.01. The topological polar surface area (TPSA) is 117 Å². The van der Waals surface area contributed by atoms with Crippen LogP contribution in [-0.2, 0) is 6.18 Å². The molecule has 1 amide bonds. The van der Waals surface area contributed by atoms with E-state index in [0.717, 1.165) is 12.3 Å². The van der Waals surface area contributed by atoms with E-state index in [-0.39, 0.29) is 47.3 Å². The molecule has 5 heterocycles. The molecule has 4 aromatic rings. The Balaban J connectivity index is 1.78. The van der Waals surface area contributed by atoms with Crippen LogP contribution < -0.4 is 10.6 Å². The Hall–Kier alpha value is -4.27. The van der Waals surface area contributed by atoms with Gasteiger partial charge in [-0.2, -0.15) is 18.2 Å². The molecule has 226 valence electrons. The van der Waals surface area contributed by atoms with Gasteiger partial charge in [-0.25, -0.2) is 23.5 Å². The van der Waals surface area contributed by atoms with Crippen molar-refractivity contribution in [3.05, 3.63) is 69.9 Å². The van der Waals surface area contributed by atoms with Crippen molar-refractivity contribution >= 4 is 34.7 Å². The van der Waals surface area contributed by atoms with Gasteiger partial charge in [-0.15, -0.1) is 0 Å². The highest BCUT2D eigenvalue weighted by atomic mass is 32.2. The quantitative estimate of drug-likeness (QED) is 0.290. The van der Waals surface area contributed by atoms with Crippen LogP contribution in [0.2, 0.25) is 0 Å². The third-order valence-electron chi connectivity index (χ3n) is 7.11. The van der Waals surface area contributed by atoms with Gasteiger partial charge in [0.25, 0.3) is 0 Å². The van der Waals surface area contributed by atoms with E-state index in [1.54, 1.807) is 31.0 Å². The first kappa shape index (κ1) is 30.2. The van der Waals surface area contributed by atoms with E-state index in [1.807, 2.05) is 13.8 Å². The number of pyridine rings is 3. The lowest BCUT2D eigenvalue weighted by molar-refractivity contribution is -0.143. The van der Waals surface area contributed by atoms with E-state index in [2.05, 4.69) is 19.9 Å². The van der Waals surface area contributed by atoms with E-state index in [4.69, 9.17) is 0 Å². The highest BCUT2D eigenvalue weighted by Gasteiger charge is 2.36. The Morgan fingerprint density at radius 2 is 1.88 bits per heavy atom. The molecule has 0 aliphatic carbocycles. The van der Waals surface area contributed by atoms with Crippen LogP contribution in [-0.4, -0.2) is 66.3 Å². The second-order valence-electron chi connectivity index (χ2n) is 10.4. The fourth-order valence-electron chi connectivity index (χ4n) is 5.10. The minimum atomic E-state index is -4.79. The molecule has 1 aliphatic rings. The summed E-state index contributed by atoms with van der Waals surface area (Å²) in [5.41, 5.74) is -0.365. The summed E-state index contributed by atoms with van der Waals surface area (Å²) in [6.07, 6.45) is -3.28. The van der Waals surface area contributed by atoms with Crippen molar-refractivity contribution in [2.75, 3.05) is 24.5 Å². The van der Waals surface area contributed by atoms with E-state index in [0.29, 0.717) is 28.7 Å². The zero-order chi connectivity index (χ0) is 31.2. The predicted molar refractivity (Wildman–Crippen MR) is 151 cm³/mol. The number of alkyl halides is 3. The normalized spacial score (nSPS) is 15.9. The van der Waals surface area contributed by atoms with Gasteiger partial charge in [0.15, 0.2) is 17.2 Å². The van der Waals surface area contributed by atoms with Crippen LogP contribution >= 0.6 is 11.8 Å². The summed E-state index contributed by atoms with van der Waals surface area (Å²) < 4.78 is 58.0. The van der Waals surface area contributed by atoms with Crippen molar-refractivity contribution in [1.82, 2.24) is 29.4 Å². The van der Waals surface area contributed by atoms with Gasteiger partial charge in [-0.3, -0.25) is 9.97 Å². The summed E-state index contributed by atoms with van der Waals surface area (Å²) in [5.74, 6) is -0.965. The molecular formula is C28H27F4N7O3S. The lowest BCUT2D eigenvalue weighted by Crippen LogP contribution is -2.54. The van der Waals surface area contributed by atoms with Gasteiger partial charge in [0.2, 0.25) is 0 Å². The van der Waals surface area contributed by atoms with Crippen LogP contribution in [0.25, 0.3) is 16.7 Å². The van der Waals surface area contributed by atoms with Gasteiger partial charge in [-0.1, -0.05) is 25.6 Å². The average molecular weight is 618 g/mol. The molecule has 10 nitrogen and oxygen atoms in total. The van der Waals surface area contributed by atoms with E-state index < -0.39 is 40.5 Å². The monoisotopic (exact) mass is 617 g/mol. The Labute approximate surface area is 247 Å². The molecule has 1 fully saturated rings. The number of amides is 1. The molecule has 43 heavy (non-hydrogen) atoms. The third-order valence-corrected chi connectivity index (χ3v) is 8.14. The number of aromatic nitrogens is 5. The minimum Gasteiger partial charge on any atom is -0.465 e. The first-order chi connectivity index (χ1) is 20.3. The zero-order valence-electron chi connectivity index (χ0n) is 23.6. The smallest absolute Gasteiger partial charge is 0.434 e. The molecule has 1 aliphatic heterocycles. The highest BCUT2D eigenvalue weighted by molar-refractivity contribution is 7.99. The van der Waals surface area contributed by atoms with Gasteiger partial charge in [-0.05, 0) is 49.6 Å². The summed E-state index contributed by atoms with van der Waals surface area (Å²) in [5, 5.41) is 9.18. The van der Waals surface area contributed by atoms with Crippen molar-refractivity contribution < 1.29 is 27.5 Å². The van der Waals surface area contributed by atoms with Crippen molar-refractivity contribution in [2.24, 2.45) is 0 Å². The van der Waals surface area contributed by atoms with Gasteiger partial charge >= 0.3 is 18.0 Å². The first-order valence-electron chi connectivity index (χ1n) is 13.3. The Bertz CT molecular complexity index is 1780. The number of piperazine rings is 1. The number of aryl methyl sites for hydroxylation is 1. The van der Waals surface area contributed by atoms with Crippen molar-refractivity contribution in [1.29, 1.82) is 0 Å². The molecule has 0 spiro atoms. The average Bonchev–Trinajstić information content (AvgIpc) is 2.93. The number of carboxylic acid groups (broad SMARTS) is 1. The Morgan fingerprint density at radius 1 is 1.14 bits per heavy atom. The molecule has 15 heteroatoms. The van der Waals surface area contributed by atoms with Crippen molar-refractivity contribution in [3.63, 3.8) is 0 Å². The van der Waals surface area contributed by atoms with Crippen LogP contribution in [0.15, 0.2) is 51.4 Å². The number of hydrogen-bond donors (Lipinski definition) is 1. The SMILES string of the molecule is Cc1ccnc(C(C)C)c1-n1c(=O)nc(N2CCN(C(=O)O)C[C@@H]2C)c2cc(F)c(Sc3cccnc3C(F)(F)F)nc21. The largest absolute Gasteiger partial charge is 0.465 e. The van der Waals surface area contributed by atoms with Crippen molar-refractivity contribution in [3.8, 4) is 5.69 Å². The van der Waals surface area contributed by atoms with Crippen LogP contribution in [0.4, 0.5) is 28.2 Å². The molecule has 1 atom stereocenters. The molecule has 0 aromatic carbocycles. The maximum atomic E-state index is 15.8. The fraction of sp³-hybridized carbons (Fsp3) is 0.357. The summed E-state index contributed by atoms with van der Waals surface area (Å²) >= 11 is 0.447. The molecule has 0 unspecified atom stereocenters. The summed E-state index contributed by atoms with van der Waals surface area (Å²) in [7, 11) is 0. The molecule has 1 saturated heterocycles. The van der Waals surface area contributed by atoms with Gasteiger partial charge < -0.3 is 14.9 Å². The van der Waals surface area contributed by atoms with E-state index >= 15 is 4.39 Å². The van der Waals surface area contributed by atoms with Crippen LogP contribution in [0.1, 0.15) is 43.6 Å². The Morgan fingerprint density at radius 3 is 2.53 bits per heavy atom. The number of hydrogen-bond acceptors (Lipinski definition) is 8. The lowest BCUT2D eigenvalue weighted by atomic mass is 10.0. The van der Waals surface area contributed by atoms with E-state index in [9.17, 15) is 27.9 Å². The third kappa shape index (κ3) is 5.72. The van der Waals surface area contributed by atoms with Crippen LogP contribution in [0, 0.1) is 12.7 Å². The maximum Gasteiger partial charge on any atom is 0.434 e. The number of halogens is 4. The molecule has 0 radical (unpaired) electrons. The van der Waals surface area contributed by atoms with Crippen molar-refractivity contribution in [2.45, 2.75) is 55.8 Å². The number of fused-ring (bicyclic) bond motifs is 1. The van der Waals surface area contributed by atoms with Crippen LogP contribution in [0.3, 0.4) is 0 Å². The van der Waals surface area contributed by atoms with Gasteiger partial charge in [0, 0.05) is 43.0 Å². The number of nitrogens with zero attached hydrogens (tertiary/aromatic N) is 7. The molecule has 0 saturated carbocycles. The first-order valence-corrected chi connectivity index (χ1v) is 14.1. The highest BCUT2D eigenvalue weighted by Crippen LogP contribution is 2.40. The lowest BCUT2D eigenvalue weighted by Gasteiger charge is -2.39.